The van der Waals surface area contributed by atoms with Gasteiger partial charge in [-0.25, -0.2) is 0 Å². The molecule has 0 radical (unpaired) electrons. The van der Waals surface area contributed by atoms with Crippen LogP contribution in [0.5, 0.6) is 5.75 Å². The van der Waals surface area contributed by atoms with Gasteiger partial charge in [-0.2, -0.15) is 0 Å². The molecule has 0 aliphatic rings. The van der Waals surface area contributed by atoms with E-state index in [1.807, 2.05) is 18.2 Å². The van der Waals surface area contributed by atoms with Gasteiger partial charge < -0.3 is 15.2 Å². The fourth-order valence-electron chi connectivity index (χ4n) is 2.33. The summed E-state index contributed by atoms with van der Waals surface area (Å²) in [5.74, 6) is 0.875. The number of hydrogen-bond acceptors (Lipinski definition) is 3. The third kappa shape index (κ3) is 5.89. The van der Waals surface area contributed by atoms with Gasteiger partial charge in [0.05, 0.1) is 6.61 Å². The van der Waals surface area contributed by atoms with E-state index in [0.717, 1.165) is 30.7 Å². The van der Waals surface area contributed by atoms with Crippen LogP contribution in [-0.4, -0.2) is 26.9 Å². The van der Waals surface area contributed by atoms with Crippen molar-refractivity contribution in [3.05, 3.63) is 65.2 Å². The average Bonchev–Trinajstić information content (AvgIpc) is 2.60. The summed E-state index contributed by atoms with van der Waals surface area (Å²) in [6.45, 7) is 1.86. The molecule has 3 heteroatoms. The van der Waals surface area contributed by atoms with Gasteiger partial charge in [0.15, 0.2) is 0 Å². The molecule has 2 aromatic rings. The van der Waals surface area contributed by atoms with Crippen LogP contribution < -0.4 is 10.5 Å². The number of aryl methyl sites for hydroxylation is 1. The zero-order valence-electron chi connectivity index (χ0n) is 13.7. The van der Waals surface area contributed by atoms with E-state index in [4.69, 9.17) is 15.2 Å². The fourth-order valence-corrected chi connectivity index (χ4v) is 2.33. The summed E-state index contributed by atoms with van der Waals surface area (Å²) < 4.78 is 10.8. The Morgan fingerprint density at radius 2 is 1.87 bits per heavy atom. The monoisotopic (exact) mass is 311 g/mol. The second-order valence-corrected chi connectivity index (χ2v) is 5.35. The van der Waals surface area contributed by atoms with Crippen LogP contribution in [0, 0.1) is 0 Å². The molecule has 2 rings (SSSR count). The van der Waals surface area contributed by atoms with Gasteiger partial charge in [0, 0.05) is 12.7 Å². The minimum Gasteiger partial charge on any atom is -0.491 e. The van der Waals surface area contributed by atoms with Crippen LogP contribution in [0.15, 0.2) is 48.5 Å². The molecule has 0 aliphatic carbocycles. The lowest BCUT2D eigenvalue weighted by Crippen LogP contribution is -2.04. The van der Waals surface area contributed by atoms with Crippen molar-refractivity contribution in [3.8, 4) is 5.75 Å². The average molecular weight is 311 g/mol. The smallest absolute Gasteiger partial charge is 0.126 e. The molecule has 3 nitrogen and oxygen atoms in total. The van der Waals surface area contributed by atoms with E-state index in [2.05, 4.69) is 42.5 Å². The Morgan fingerprint density at radius 1 is 1.00 bits per heavy atom. The lowest BCUT2D eigenvalue weighted by Gasteiger charge is -2.08. The number of benzene rings is 2. The maximum Gasteiger partial charge on any atom is 0.126 e. The van der Waals surface area contributed by atoms with Gasteiger partial charge in [-0.1, -0.05) is 54.6 Å². The highest BCUT2D eigenvalue weighted by molar-refractivity contribution is 5.72. The molecule has 122 valence electrons. The molecule has 0 saturated heterocycles. The molecule has 0 spiro atoms. The first-order valence-corrected chi connectivity index (χ1v) is 8.01. The van der Waals surface area contributed by atoms with Crippen LogP contribution >= 0.6 is 0 Å². The Balaban J connectivity index is 2.07. The number of ether oxygens (including phenoxy) is 2. The molecule has 23 heavy (non-hydrogen) atoms. The first-order chi connectivity index (χ1) is 11.3. The molecule has 0 aliphatic heterocycles. The van der Waals surface area contributed by atoms with Crippen LogP contribution in [-0.2, 0) is 11.2 Å². The molecule has 0 saturated carbocycles. The van der Waals surface area contributed by atoms with Gasteiger partial charge in [0.1, 0.15) is 12.4 Å². The summed E-state index contributed by atoms with van der Waals surface area (Å²) in [7, 11) is 1.67. The van der Waals surface area contributed by atoms with Crippen molar-refractivity contribution < 1.29 is 9.47 Å². The highest BCUT2D eigenvalue weighted by Gasteiger charge is 2.00. The predicted molar refractivity (Wildman–Crippen MR) is 96.6 cm³/mol. The maximum atomic E-state index is 5.75. The van der Waals surface area contributed by atoms with Crippen LogP contribution in [0.1, 0.15) is 23.1 Å². The van der Waals surface area contributed by atoms with Gasteiger partial charge in [-0.3, -0.25) is 0 Å². The SMILES string of the molecule is COCCOc1ccccc1C=Cc1cccc(CCCN)c1. The van der Waals surface area contributed by atoms with E-state index >= 15 is 0 Å². The van der Waals surface area contributed by atoms with Crippen molar-refractivity contribution in [1.82, 2.24) is 0 Å². The molecule has 0 aromatic heterocycles. The van der Waals surface area contributed by atoms with Crippen LogP contribution in [0.3, 0.4) is 0 Å². The van der Waals surface area contributed by atoms with E-state index in [9.17, 15) is 0 Å². The summed E-state index contributed by atoms with van der Waals surface area (Å²) in [6, 6.07) is 16.6. The van der Waals surface area contributed by atoms with Gasteiger partial charge in [0.25, 0.3) is 0 Å². The van der Waals surface area contributed by atoms with Crippen molar-refractivity contribution in [1.29, 1.82) is 0 Å². The third-order valence-electron chi connectivity index (χ3n) is 3.54. The molecule has 0 unspecified atom stereocenters. The second-order valence-electron chi connectivity index (χ2n) is 5.35. The molecule has 0 fully saturated rings. The quantitative estimate of drug-likeness (QED) is 0.566. The zero-order chi connectivity index (χ0) is 16.3. The summed E-state index contributed by atoms with van der Waals surface area (Å²) >= 11 is 0. The van der Waals surface area contributed by atoms with E-state index in [1.165, 1.54) is 11.1 Å². The minimum absolute atomic E-state index is 0.552. The Hall–Kier alpha value is -2.10. The summed E-state index contributed by atoms with van der Waals surface area (Å²) in [6.07, 6.45) is 6.24. The summed E-state index contributed by atoms with van der Waals surface area (Å²) in [5, 5.41) is 0. The molecule has 0 heterocycles. The van der Waals surface area contributed by atoms with Crippen molar-refractivity contribution in [2.24, 2.45) is 5.73 Å². The van der Waals surface area contributed by atoms with Gasteiger partial charge >= 0.3 is 0 Å². The Labute approximate surface area is 138 Å². The van der Waals surface area contributed by atoms with Crippen molar-refractivity contribution >= 4 is 12.2 Å². The zero-order valence-corrected chi connectivity index (χ0v) is 13.7. The third-order valence-corrected chi connectivity index (χ3v) is 3.54. The van der Waals surface area contributed by atoms with Crippen molar-refractivity contribution in [3.63, 3.8) is 0 Å². The summed E-state index contributed by atoms with van der Waals surface area (Å²) in [5.41, 5.74) is 9.15. The molecular weight excluding hydrogens is 286 g/mol. The Bertz CT molecular complexity index is 623. The van der Waals surface area contributed by atoms with Crippen molar-refractivity contribution in [2.75, 3.05) is 26.9 Å². The highest BCUT2D eigenvalue weighted by atomic mass is 16.5. The maximum absolute atomic E-state index is 5.75. The van der Waals surface area contributed by atoms with Crippen LogP contribution in [0.25, 0.3) is 12.2 Å². The number of para-hydroxylation sites is 1. The molecule has 0 amide bonds. The molecule has 0 bridgehead atoms. The van der Waals surface area contributed by atoms with Crippen LogP contribution in [0.2, 0.25) is 0 Å². The molecular formula is C20H25NO2. The van der Waals surface area contributed by atoms with Gasteiger partial charge in [0.2, 0.25) is 0 Å². The largest absolute Gasteiger partial charge is 0.491 e. The van der Waals surface area contributed by atoms with E-state index in [-0.39, 0.29) is 0 Å². The highest BCUT2D eigenvalue weighted by Crippen LogP contribution is 2.21. The van der Waals surface area contributed by atoms with Gasteiger partial charge in [-0.15, -0.1) is 0 Å². The predicted octanol–water partition coefficient (Wildman–Crippen LogP) is 3.77. The van der Waals surface area contributed by atoms with Crippen LogP contribution in [0.4, 0.5) is 0 Å². The first kappa shape index (κ1) is 17.3. The molecule has 0 atom stereocenters. The van der Waals surface area contributed by atoms with E-state index in [1.54, 1.807) is 7.11 Å². The number of hydrogen-bond donors (Lipinski definition) is 1. The normalized spacial score (nSPS) is 11.0. The molecule has 2 N–H and O–H groups in total. The van der Waals surface area contributed by atoms with Gasteiger partial charge in [-0.05, 0) is 36.6 Å². The second kappa shape index (κ2) is 9.82. The van der Waals surface area contributed by atoms with Crippen molar-refractivity contribution in [2.45, 2.75) is 12.8 Å². The minimum atomic E-state index is 0.552. The lowest BCUT2D eigenvalue weighted by molar-refractivity contribution is 0.146. The Morgan fingerprint density at radius 3 is 2.70 bits per heavy atom. The van der Waals surface area contributed by atoms with E-state index < -0.39 is 0 Å². The fraction of sp³-hybridized carbons (Fsp3) is 0.300. The standard InChI is InChI=1S/C20H25NO2/c1-22-14-15-23-20-10-3-2-9-19(20)12-11-18-7-4-6-17(16-18)8-5-13-21/h2-4,6-7,9-12,16H,5,8,13-15,21H2,1H3. The lowest BCUT2D eigenvalue weighted by atomic mass is 10.1. The summed E-state index contributed by atoms with van der Waals surface area (Å²) in [4.78, 5) is 0. The Kier molecular flexibility index (Phi) is 7.37. The number of rotatable bonds is 9. The van der Waals surface area contributed by atoms with E-state index in [0.29, 0.717) is 13.2 Å². The first-order valence-electron chi connectivity index (χ1n) is 8.01. The molecule has 2 aromatic carbocycles. The number of nitrogens with two attached hydrogens (primary N) is 1. The number of methoxy groups -OCH3 is 1. The topological polar surface area (TPSA) is 44.5 Å².